The number of nitrogens with zero attached hydrogens (tertiary/aromatic N) is 1. The van der Waals surface area contributed by atoms with Crippen molar-refractivity contribution in [3.8, 4) is 5.75 Å². The van der Waals surface area contributed by atoms with Crippen molar-refractivity contribution in [1.82, 2.24) is 10.7 Å². The topological polar surface area (TPSA) is 70.7 Å². The first kappa shape index (κ1) is 18.0. The highest BCUT2D eigenvalue weighted by Gasteiger charge is 2.13. The van der Waals surface area contributed by atoms with E-state index in [4.69, 9.17) is 4.74 Å². The van der Waals surface area contributed by atoms with Crippen LogP contribution in [0.2, 0.25) is 0 Å². The van der Waals surface area contributed by atoms with E-state index in [0.717, 1.165) is 11.4 Å². The maximum absolute atomic E-state index is 12.3. The van der Waals surface area contributed by atoms with Gasteiger partial charge in [-0.1, -0.05) is 54.6 Å². The SMILES string of the molecule is O=C(CNC(=O)Oc1ccccc1)NN(c1ccccc1)c1ccccc1. The van der Waals surface area contributed by atoms with Crippen LogP contribution < -0.4 is 20.5 Å². The first-order valence-corrected chi connectivity index (χ1v) is 8.43. The molecule has 0 heterocycles. The van der Waals surface area contributed by atoms with Crippen LogP contribution in [0.25, 0.3) is 0 Å². The number of ether oxygens (including phenoxy) is 1. The number of carbonyl (C=O) groups is 2. The van der Waals surface area contributed by atoms with Gasteiger partial charge >= 0.3 is 6.09 Å². The van der Waals surface area contributed by atoms with E-state index in [1.54, 1.807) is 29.3 Å². The van der Waals surface area contributed by atoms with Crippen molar-refractivity contribution in [3.05, 3.63) is 91.0 Å². The van der Waals surface area contributed by atoms with Crippen molar-refractivity contribution < 1.29 is 14.3 Å². The summed E-state index contributed by atoms with van der Waals surface area (Å²) >= 11 is 0. The van der Waals surface area contributed by atoms with Crippen LogP contribution >= 0.6 is 0 Å². The van der Waals surface area contributed by atoms with Crippen molar-refractivity contribution in [1.29, 1.82) is 0 Å². The monoisotopic (exact) mass is 361 g/mol. The van der Waals surface area contributed by atoms with Gasteiger partial charge in [-0.05, 0) is 36.4 Å². The van der Waals surface area contributed by atoms with E-state index in [-0.39, 0.29) is 12.5 Å². The van der Waals surface area contributed by atoms with Crippen LogP contribution in [0.5, 0.6) is 5.75 Å². The van der Waals surface area contributed by atoms with E-state index in [9.17, 15) is 9.59 Å². The standard InChI is InChI=1S/C21H19N3O3/c25-20(16-22-21(26)27-19-14-8-3-9-15-19)23-24(17-10-4-1-5-11-17)18-12-6-2-7-13-18/h1-15H,16H2,(H,22,26)(H,23,25). The lowest BCUT2D eigenvalue weighted by Crippen LogP contribution is -2.45. The number of hydrogen-bond acceptors (Lipinski definition) is 4. The van der Waals surface area contributed by atoms with Crippen molar-refractivity contribution in [2.75, 3.05) is 11.6 Å². The predicted octanol–water partition coefficient (Wildman–Crippen LogP) is 3.64. The highest BCUT2D eigenvalue weighted by molar-refractivity contribution is 5.85. The third kappa shape index (κ3) is 5.34. The van der Waals surface area contributed by atoms with Gasteiger partial charge in [0, 0.05) is 0 Å². The summed E-state index contributed by atoms with van der Waals surface area (Å²) in [7, 11) is 0. The zero-order valence-electron chi connectivity index (χ0n) is 14.5. The quantitative estimate of drug-likeness (QED) is 0.658. The van der Waals surface area contributed by atoms with Crippen LogP contribution in [0.3, 0.4) is 0 Å². The Hall–Kier alpha value is -3.80. The van der Waals surface area contributed by atoms with Gasteiger partial charge in [0.25, 0.3) is 5.91 Å². The molecule has 3 rings (SSSR count). The van der Waals surface area contributed by atoms with Crippen molar-refractivity contribution in [2.24, 2.45) is 0 Å². The highest BCUT2D eigenvalue weighted by Crippen LogP contribution is 2.22. The normalized spacial score (nSPS) is 9.93. The Morgan fingerprint density at radius 2 is 1.22 bits per heavy atom. The average molecular weight is 361 g/mol. The molecule has 0 saturated carbocycles. The molecule has 6 nitrogen and oxygen atoms in total. The molecule has 0 saturated heterocycles. The largest absolute Gasteiger partial charge is 0.413 e. The molecule has 27 heavy (non-hydrogen) atoms. The molecule has 0 radical (unpaired) electrons. The fraction of sp³-hybridized carbons (Fsp3) is 0.0476. The Labute approximate surface area is 157 Å². The van der Waals surface area contributed by atoms with E-state index >= 15 is 0 Å². The Morgan fingerprint density at radius 3 is 1.74 bits per heavy atom. The van der Waals surface area contributed by atoms with E-state index < -0.39 is 6.09 Å². The van der Waals surface area contributed by atoms with E-state index in [2.05, 4.69) is 10.7 Å². The van der Waals surface area contributed by atoms with Gasteiger partial charge in [0.2, 0.25) is 0 Å². The third-order valence-corrected chi connectivity index (χ3v) is 3.61. The minimum absolute atomic E-state index is 0.220. The number of hydrogen-bond donors (Lipinski definition) is 2. The molecule has 0 aliphatic carbocycles. The number of carbonyl (C=O) groups excluding carboxylic acids is 2. The lowest BCUT2D eigenvalue weighted by atomic mass is 10.2. The average Bonchev–Trinajstić information content (AvgIpc) is 2.72. The second kappa shape index (κ2) is 9.05. The van der Waals surface area contributed by atoms with Crippen LogP contribution in [-0.4, -0.2) is 18.5 Å². The number of nitrogens with one attached hydrogen (secondary N) is 2. The Bertz CT molecular complexity index is 831. The zero-order chi connectivity index (χ0) is 18.9. The molecule has 0 fully saturated rings. The van der Waals surface area contributed by atoms with Crippen molar-refractivity contribution in [2.45, 2.75) is 0 Å². The molecule has 2 amide bonds. The molecule has 0 aromatic heterocycles. The number of para-hydroxylation sites is 3. The van der Waals surface area contributed by atoms with Gasteiger partial charge in [0.15, 0.2) is 0 Å². The second-order valence-electron chi connectivity index (χ2n) is 5.60. The molecule has 3 aromatic carbocycles. The van der Waals surface area contributed by atoms with Gasteiger partial charge in [0.1, 0.15) is 12.3 Å². The molecule has 0 aliphatic rings. The highest BCUT2D eigenvalue weighted by atomic mass is 16.6. The lowest BCUT2D eigenvalue weighted by Gasteiger charge is -2.25. The summed E-state index contributed by atoms with van der Waals surface area (Å²) in [6.07, 6.45) is -0.692. The molecule has 2 N–H and O–H groups in total. The second-order valence-corrected chi connectivity index (χ2v) is 5.60. The minimum Gasteiger partial charge on any atom is -0.410 e. The number of hydrazine groups is 1. The lowest BCUT2D eigenvalue weighted by molar-refractivity contribution is -0.120. The predicted molar refractivity (Wildman–Crippen MR) is 104 cm³/mol. The van der Waals surface area contributed by atoms with Gasteiger partial charge < -0.3 is 10.1 Å². The molecule has 0 bridgehead atoms. The van der Waals surface area contributed by atoms with Gasteiger partial charge in [-0.25, -0.2) is 4.79 Å². The van der Waals surface area contributed by atoms with Crippen LogP contribution in [-0.2, 0) is 4.79 Å². The number of amides is 2. The fourth-order valence-corrected chi connectivity index (χ4v) is 2.38. The molecule has 0 atom stereocenters. The molecular weight excluding hydrogens is 342 g/mol. The minimum atomic E-state index is -0.692. The van der Waals surface area contributed by atoms with Crippen molar-refractivity contribution >= 4 is 23.4 Å². The van der Waals surface area contributed by atoms with Gasteiger partial charge in [-0.3, -0.25) is 15.2 Å². The molecule has 0 unspecified atom stereocenters. The van der Waals surface area contributed by atoms with Gasteiger partial charge in [-0.15, -0.1) is 0 Å². The molecule has 0 spiro atoms. The Kier molecular flexibility index (Phi) is 6.04. The molecule has 3 aromatic rings. The maximum Gasteiger partial charge on any atom is 0.413 e. The van der Waals surface area contributed by atoms with Crippen molar-refractivity contribution in [3.63, 3.8) is 0 Å². The molecule has 0 aliphatic heterocycles. The Balaban J connectivity index is 1.60. The first-order chi connectivity index (χ1) is 13.2. The summed E-state index contributed by atoms with van der Waals surface area (Å²) in [5, 5.41) is 4.10. The third-order valence-electron chi connectivity index (χ3n) is 3.61. The zero-order valence-corrected chi connectivity index (χ0v) is 14.5. The van der Waals surface area contributed by atoms with E-state index in [1.807, 2.05) is 66.7 Å². The van der Waals surface area contributed by atoms with Gasteiger partial charge in [0.05, 0.1) is 11.4 Å². The van der Waals surface area contributed by atoms with Crippen LogP contribution in [0, 0.1) is 0 Å². The van der Waals surface area contributed by atoms with Crippen LogP contribution in [0.4, 0.5) is 16.2 Å². The molecular formula is C21H19N3O3. The van der Waals surface area contributed by atoms with Gasteiger partial charge in [-0.2, -0.15) is 0 Å². The smallest absolute Gasteiger partial charge is 0.410 e. The summed E-state index contributed by atoms with van der Waals surface area (Å²) in [6.45, 7) is -0.220. The maximum atomic E-state index is 12.3. The summed E-state index contributed by atoms with van der Waals surface area (Å²) in [5.74, 6) is 0.0262. The number of rotatable bonds is 6. The number of benzene rings is 3. The number of anilines is 2. The summed E-state index contributed by atoms with van der Waals surface area (Å²) in [4.78, 5) is 24.1. The first-order valence-electron chi connectivity index (χ1n) is 8.43. The van der Waals surface area contributed by atoms with E-state index in [0.29, 0.717) is 5.75 Å². The molecule has 6 heteroatoms. The summed E-state index contributed by atoms with van der Waals surface area (Å²) in [5.41, 5.74) is 4.38. The van der Waals surface area contributed by atoms with Crippen LogP contribution in [0.1, 0.15) is 0 Å². The summed E-state index contributed by atoms with van der Waals surface area (Å²) < 4.78 is 5.10. The molecule has 136 valence electrons. The van der Waals surface area contributed by atoms with Crippen LogP contribution in [0.15, 0.2) is 91.0 Å². The fourth-order valence-electron chi connectivity index (χ4n) is 2.38. The summed E-state index contributed by atoms with van der Waals surface area (Å²) in [6, 6.07) is 27.5. The Morgan fingerprint density at radius 1 is 0.741 bits per heavy atom. The van der Waals surface area contributed by atoms with E-state index in [1.165, 1.54) is 0 Å².